The first-order valence-electron chi connectivity index (χ1n) is 5.43. The summed E-state index contributed by atoms with van der Waals surface area (Å²) in [5, 5.41) is 0.945. The van der Waals surface area contributed by atoms with Gasteiger partial charge in [-0.1, -0.05) is 6.07 Å². The molecule has 2 nitrogen and oxygen atoms in total. The van der Waals surface area contributed by atoms with Crippen molar-refractivity contribution in [3.8, 4) is 0 Å². The molecule has 1 heterocycles. The molecule has 0 saturated heterocycles. The second kappa shape index (κ2) is 4.55. The lowest BCUT2D eigenvalue weighted by atomic mass is 9.98. The Labute approximate surface area is 104 Å². The maximum atomic E-state index is 14.0. The number of hydrogen-bond acceptors (Lipinski definition) is 3. The van der Waals surface area contributed by atoms with Gasteiger partial charge in [-0.2, -0.15) is 0 Å². The number of benzene rings is 1. The van der Waals surface area contributed by atoms with Crippen molar-refractivity contribution in [2.45, 2.75) is 26.8 Å². The molecule has 17 heavy (non-hydrogen) atoms. The van der Waals surface area contributed by atoms with Crippen LogP contribution in [0.5, 0.6) is 0 Å². The fourth-order valence-electron chi connectivity index (χ4n) is 1.98. The molecule has 0 spiro atoms. The normalized spacial score (nSPS) is 12.8. The van der Waals surface area contributed by atoms with Gasteiger partial charge in [-0.3, -0.25) is 0 Å². The lowest BCUT2D eigenvalue weighted by molar-refractivity contribution is 0.597. The first-order chi connectivity index (χ1) is 7.99. The lowest BCUT2D eigenvalue weighted by Crippen LogP contribution is -2.14. The fourth-order valence-corrected chi connectivity index (χ4v) is 2.78. The third-order valence-corrected chi connectivity index (χ3v) is 3.73. The molecule has 0 aliphatic rings. The monoisotopic (exact) mass is 250 g/mol. The van der Waals surface area contributed by atoms with E-state index in [4.69, 9.17) is 5.73 Å². The SMILES string of the molecule is Cc1cc(C)c(C(N)c2cnc(C)s2)c(F)c1. The van der Waals surface area contributed by atoms with Crippen LogP contribution in [0.1, 0.15) is 32.6 Å². The van der Waals surface area contributed by atoms with Gasteiger partial charge in [0.2, 0.25) is 0 Å². The number of thiazole rings is 1. The second-order valence-electron chi connectivity index (χ2n) is 4.24. The van der Waals surface area contributed by atoms with Gasteiger partial charge in [-0.05, 0) is 38.0 Å². The summed E-state index contributed by atoms with van der Waals surface area (Å²) in [6.45, 7) is 5.68. The zero-order valence-electron chi connectivity index (χ0n) is 10.1. The molecule has 1 unspecified atom stereocenters. The van der Waals surface area contributed by atoms with Crippen molar-refractivity contribution in [2.75, 3.05) is 0 Å². The number of rotatable bonds is 2. The molecule has 1 aromatic heterocycles. The highest BCUT2D eigenvalue weighted by atomic mass is 32.1. The van der Waals surface area contributed by atoms with E-state index in [0.29, 0.717) is 5.56 Å². The van der Waals surface area contributed by atoms with Crippen LogP contribution in [0.4, 0.5) is 4.39 Å². The Hall–Kier alpha value is -1.26. The van der Waals surface area contributed by atoms with E-state index in [2.05, 4.69) is 4.98 Å². The Morgan fingerprint density at radius 1 is 1.29 bits per heavy atom. The average molecular weight is 250 g/mol. The molecule has 4 heteroatoms. The van der Waals surface area contributed by atoms with Crippen molar-refractivity contribution in [2.24, 2.45) is 5.73 Å². The summed E-state index contributed by atoms with van der Waals surface area (Å²) in [5.74, 6) is -0.235. The van der Waals surface area contributed by atoms with Crippen LogP contribution in [0.25, 0.3) is 0 Å². The predicted molar refractivity (Wildman–Crippen MR) is 68.8 cm³/mol. The minimum Gasteiger partial charge on any atom is -0.319 e. The van der Waals surface area contributed by atoms with E-state index in [-0.39, 0.29) is 5.82 Å². The molecule has 0 bridgehead atoms. The van der Waals surface area contributed by atoms with Crippen LogP contribution in [-0.2, 0) is 0 Å². The van der Waals surface area contributed by atoms with Crippen LogP contribution in [0.2, 0.25) is 0 Å². The van der Waals surface area contributed by atoms with Gasteiger partial charge in [-0.15, -0.1) is 11.3 Å². The van der Waals surface area contributed by atoms with Gasteiger partial charge in [0.15, 0.2) is 0 Å². The van der Waals surface area contributed by atoms with E-state index in [9.17, 15) is 4.39 Å². The van der Waals surface area contributed by atoms with Gasteiger partial charge in [0.1, 0.15) is 5.82 Å². The maximum absolute atomic E-state index is 14.0. The Balaban J connectivity index is 2.47. The van der Waals surface area contributed by atoms with Gasteiger partial charge in [0.05, 0.1) is 11.0 Å². The Bertz CT molecular complexity index is 525. The van der Waals surface area contributed by atoms with E-state index < -0.39 is 6.04 Å². The summed E-state index contributed by atoms with van der Waals surface area (Å²) < 4.78 is 14.0. The van der Waals surface area contributed by atoms with E-state index in [0.717, 1.165) is 21.0 Å². The van der Waals surface area contributed by atoms with E-state index in [1.54, 1.807) is 6.20 Å². The highest BCUT2D eigenvalue weighted by Crippen LogP contribution is 2.29. The minimum absolute atomic E-state index is 0.235. The van der Waals surface area contributed by atoms with Crippen LogP contribution in [-0.4, -0.2) is 4.98 Å². The maximum Gasteiger partial charge on any atom is 0.128 e. The summed E-state index contributed by atoms with van der Waals surface area (Å²) in [5.41, 5.74) is 8.48. The van der Waals surface area contributed by atoms with Gasteiger partial charge >= 0.3 is 0 Å². The molecule has 2 N–H and O–H groups in total. The molecule has 90 valence electrons. The zero-order chi connectivity index (χ0) is 12.6. The smallest absolute Gasteiger partial charge is 0.128 e. The van der Waals surface area contributed by atoms with Gasteiger partial charge < -0.3 is 5.73 Å². The molecule has 0 saturated carbocycles. The Kier molecular flexibility index (Phi) is 3.26. The molecule has 0 aliphatic carbocycles. The standard InChI is InChI=1S/C13H15FN2S/c1-7-4-8(2)12(10(14)5-7)13(15)11-6-16-9(3)17-11/h4-6,13H,15H2,1-3H3. The third-order valence-electron chi connectivity index (χ3n) is 2.74. The molecule has 0 radical (unpaired) electrons. The Morgan fingerprint density at radius 2 is 2.00 bits per heavy atom. The molecular weight excluding hydrogens is 235 g/mol. The summed E-state index contributed by atoms with van der Waals surface area (Å²) in [6, 6.07) is 3.05. The van der Waals surface area contributed by atoms with Crippen molar-refractivity contribution < 1.29 is 4.39 Å². The van der Waals surface area contributed by atoms with Crippen LogP contribution in [0.3, 0.4) is 0 Å². The summed E-state index contributed by atoms with van der Waals surface area (Å²) in [6.07, 6.45) is 1.73. The molecule has 1 aromatic carbocycles. The molecule has 1 atom stereocenters. The van der Waals surface area contributed by atoms with Crippen LogP contribution < -0.4 is 5.73 Å². The third kappa shape index (κ3) is 2.37. The molecule has 0 amide bonds. The topological polar surface area (TPSA) is 38.9 Å². The van der Waals surface area contributed by atoms with Crippen molar-refractivity contribution in [1.29, 1.82) is 0 Å². The quantitative estimate of drug-likeness (QED) is 0.888. The number of aromatic nitrogens is 1. The second-order valence-corrected chi connectivity index (χ2v) is 5.50. The highest BCUT2D eigenvalue weighted by Gasteiger charge is 2.18. The average Bonchev–Trinajstić information content (AvgIpc) is 2.63. The summed E-state index contributed by atoms with van der Waals surface area (Å²) in [7, 11) is 0. The van der Waals surface area contributed by atoms with E-state index in [1.165, 1.54) is 17.4 Å². The molecule has 2 aromatic rings. The fraction of sp³-hybridized carbons (Fsp3) is 0.308. The largest absolute Gasteiger partial charge is 0.319 e. The van der Waals surface area contributed by atoms with Gasteiger partial charge in [0.25, 0.3) is 0 Å². The van der Waals surface area contributed by atoms with Crippen molar-refractivity contribution in [3.05, 3.63) is 50.7 Å². The predicted octanol–water partition coefficient (Wildman–Crippen LogP) is 3.26. The lowest BCUT2D eigenvalue weighted by Gasteiger charge is -2.14. The first kappa shape index (κ1) is 12.2. The van der Waals surface area contributed by atoms with Crippen molar-refractivity contribution in [3.63, 3.8) is 0 Å². The zero-order valence-corrected chi connectivity index (χ0v) is 10.9. The number of hydrogen-bond donors (Lipinski definition) is 1. The summed E-state index contributed by atoms with van der Waals surface area (Å²) in [4.78, 5) is 5.05. The molecule has 2 rings (SSSR count). The van der Waals surface area contributed by atoms with Crippen LogP contribution in [0, 0.1) is 26.6 Å². The number of nitrogens with zero attached hydrogens (tertiary/aromatic N) is 1. The number of halogens is 1. The number of nitrogens with two attached hydrogens (primary N) is 1. The molecular formula is C13H15FN2S. The van der Waals surface area contributed by atoms with Crippen molar-refractivity contribution in [1.82, 2.24) is 4.98 Å². The summed E-state index contributed by atoms with van der Waals surface area (Å²) >= 11 is 1.51. The molecule has 0 aliphatic heterocycles. The van der Waals surface area contributed by atoms with Crippen molar-refractivity contribution >= 4 is 11.3 Å². The highest BCUT2D eigenvalue weighted by molar-refractivity contribution is 7.11. The molecule has 0 fully saturated rings. The Morgan fingerprint density at radius 3 is 2.53 bits per heavy atom. The first-order valence-corrected chi connectivity index (χ1v) is 6.25. The minimum atomic E-state index is -0.429. The number of aryl methyl sites for hydroxylation is 3. The van der Waals surface area contributed by atoms with Gasteiger partial charge in [-0.25, -0.2) is 9.37 Å². The van der Waals surface area contributed by atoms with Crippen LogP contribution >= 0.6 is 11.3 Å². The van der Waals surface area contributed by atoms with Crippen LogP contribution in [0.15, 0.2) is 18.3 Å². The van der Waals surface area contributed by atoms with Gasteiger partial charge in [0, 0.05) is 16.6 Å². The van der Waals surface area contributed by atoms with E-state index in [1.807, 2.05) is 26.8 Å². The van der Waals surface area contributed by atoms with E-state index >= 15 is 0 Å².